The minimum Gasteiger partial charge on any atom is -0.479 e. The summed E-state index contributed by atoms with van der Waals surface area (Å²) in [6.07, 6.45) is 0.349. The third-order valence-corrected chi connectivity index (χ3v) is 5.39. The molecule has 32 heavy (non-hydrogen) atoms. The van der Waals surface area contributed by atoms with Crippen LogP contribution in [-0.2, 0) is 22.4 Å². The smallest absolute Gasteiger partial charge is 0.344 e. The van der Waals surface area contributed by atoms with E-state index in [1.807, 2.05) is 44.2 Å². The van der Waals surface area contributed by atoms with Crippen LogP contribution in [-0.4, -0.2) is 18.7 Å². The molecule has 0 saturated heterocycles. The molecule has 0 fully saturated rings. The molecule has 0 spiro atoms. The maximum atomic E-state index is 15.0. The molecule has 0 aliphatic carbocycles. The van der Waals surface area contributed by atoms with Gasteiger partial charge in [0.15, 0.2) is 18.2 Å². The lowest BCUT2D eigenvalue weighted by Gasteiger charge is -2.15. The van der Waals surface area contributed by atoms with Gasteiger partial charge in [-0.25, -0.2) is 13.6 Å². The highest BCUT2D eigenvalue weighted by atomic mass is 19.1. The number of hydrogen-bond acceptors (Lipinski definition) is 3. The molecular weight excluding hydrogens is 410 g/mol. The van der Waals surface area contributed by atoms with Crippen molar-refractivity contribution in [2.75, 3.05) is 6.61 Å². The maximum absolute atomic E-state index is 15.0. The van der Waals surface area contributed by atoms with Crippen molar-refractivity contribution in [1.29, 1.82) is 0 Å². The van der Waals surface area contributed by atoms with Crippen LogP contribution in [0.5, 0.6) is 5.75 Å². The second-order valence-electron chi connectivity index (χ2n) is 8.11. The molecule has 0 aromatic heterocycles. The molecule has 0 aliphatic heterocycles. The Labute approximate surface area is 188 Å². The van der Waals surface area contributed by atoms with Gasteiger partial charge in [0, 0.05) is 5.56 Å². The van der Waals surface area contributed by atoms with E-state index in [4.69, 9.17) is 9.47 Å². The van der Waals surface area contributed by atoms with Crippen LogP contribution < -0.4 is 4.74 Å². The zero-order valence-electron chi connectivity index (χ0n) is 18.9. The average molecular weight is 439 g/mol. The van der Waals surface area contributed by atoms with Gasteiger partial charge in [0.2, 0.25) is 0 Å². The van der Waals surface area contributed by atoms with Crippen LogP contribution in [0.15, 0.2) is 54.6 Å². The molecule has 3 nitrogen and oxygen atoms in total. The van der Waals surface area contributed by atoms with E-state index in [9.17, 15) is 13.6 Å². The number of carbonyl (C=O) groups is 1. The highest BCUT2D eigenvalue weighted by molar-refractivity contribution is 5.71. The lowest BCUT2D eigenvalue weighted by molar-refractivity contribution is -0.149. The standard InChI is InChI=1S/C27H28F2O3/c1-17(2)32-26(30)16-31-25-13-12-24(28)23(27(25)29)11-10-21-15-22(14-18(3)19(21)4)20-8-6-5-7-9-20/h5-9,12-15,17H,10-11,16H2,1-4H3. The SMILES string of the molecule is Cc1cc(-c2ccccc2)cc(CCc2c(F)ccc(OCC(=O)OC(C)C)c2F)c1C. The van der Waals surface area contributed by atoms with Gasteiger partial charge in [-0.15, -0.1) is 0 Å². The molecule has 3 aromatic rings. The monoisotopic (exact) mass is 438 g/mol. The summed E-state index contributed by atoms with van der Waals surface area (Å²) in [7, 11) is 0. The van der Waals surface area contributed by atoms with Gasteiger partial charge in [0.25, 0.3) is 0 Å². The van der Waals surface area contributed by atoms with E-state index in [1.165, 1.54) is 12.1 Å². The Morgan fingerprint density at radius 1 is 0.938 bits per heavy atom. The largest absolute Gasteiger partial charge is 0.479 e. The van der Waals surface area contributed by atoms with Crippen molar-refractivity contribution < 1.29 is 23.0 Å². The Bertz CT molecular complexity index is 1090. The predicted molar refractivity (Wildman–Crippen MR) is 122 cm³/mol. The molecule has 0 unspecified atom stereocenters. The minimum atomic E-state index is -0.782. The highest BCUT2D eigenvalue weighted by Gasteiger charge is 2.17. The van der Waals surface area contributed by atoms with Gasteiger partial charge in [-0.05, 0) is 80.5 Å². The van der Waals surface area contributed by atoms with Gasteiger partial charge in [-0.3, -0.25) is 0 Å². The van der Waals surface area contributed by atoms with Crippen LogP contribution >= 0.6 is 0 Å². The molecule has 168 valence electrons. The Kier molecular flexibility index (Phi) is 7.62. The Morgan fingerprint density at radius 2 is 1.66 bits per heavy atom. The molecule has 0 radical (unpaired) electrons. The maximum Gasteiger partial charge on any atom is 0.344 e. The van der Waals surface area contributed by atoms with Crippen LogP contribution in [0.2, 0.25) is 0 Å². The van der Waals surface area contributed by atoms with Crippen molar-refractivity contribution in [3.05, 3.63) is 88.5 Å². The summed E-state index contributed by atoms with van der Waals surface area (Å²) in [5.41, 5.74) is 5.39. The number of carbonyl (C=O) groups excluding carboxylic acids is 1. The second-order valence-corrected chi connectivity index (χ2v) is 8.11. The molecular formula is C27H28F2O3. The third kappa shape index (κ3) is 5.72. The van der Waals surface area contributed by atoms with E-state index in [2.05, 4.69) is 12.1 Å². The number of rotatable bonds is 8. The number of aryl methyl sites for hydroxylation is 2. The molecule has 0 bridgehead atoms. The molecule has 0 aliphatic rings. The summed E-state index contributed by atoms with van der Waals surface area (Å²) in [5.74, 6) is -2.17. The van der Waals surface area contributed by atoms with Gasteiger partial charge in [0.1, 0.15) is 5.82 Å². The van der Waals surface area contributed by atoms with Crippen LogP contribution in [0.25, 0.3) is 11.1 Å². The number of ether oxygens (including phenoxy) is 2. The van der Waals surface area contributed by atoms with Crippen molar-refractivity contribution in [3.63, 3.8) is 0 Å². The van der Waals surface area contributed by atoms with Gasteiger partial charge in [-0.2, -0.15) is 0 Å². The van der Waals surface area contributed by atoms with Crippen LogP contribution in [0, 0.1) is 25.5 Å². The van der Waals surface area contributed by atoms with Crippen molar-refractivity contribution in [2.45, 2.75) is 46.6 Å². The van der Waals surface area contributed by atoms with Crippen molar-refractivity contribution in [1.82, 2.24) is 0 Å². The predicted octanol–water partition coefficient (Wildman–Crippen LogP) is 6.36. The first kappa shape index (κ1) is 23.5. The molecule has 0 saturated carbocycles. The number of hydrogen-bond donors (Lipinski definition) is 0. The Balaban J connectivity index is 1.79. The first-order valence-corrected chi connectivity index (χ1v) is 10.7. The molecule has 0 heterocycles. The summed E-state index contributed by atoms with van der Waals surface area (Å²) in [6.45, 7) is 7.05. The number of esters is 1. The van der Waals surface area contributed by atoms with E-state index >= 15 is 0 Å². The minimum absolute atomic E-state index is 0.0538. The average Bonchev–Trinajstić information content (AvgIpc) is 2.75. The van der Waals surface area contributed by atoms with Crippen LogP contribution in [0.3, 0.4) is 0 Å². The summed E-state index contributed by atoms with van der Waals surface area (Å²) in [6, 6.07) is 16.6. The van der Waals surface area contributed by atoms with E-state index < -0.39 is 24.2 Å². The van der Waals surface area contributed by atoms with Crippen LogP contribution in [0.1, 0.15) is 36.1 Å². The van der Waals surface area contributed by atoms with Crippen molar-refractivity contribution in [2.24, 2.45) is 0 Å². The quantitative estimate of drug-likeness (QED) is 0.384. The fraction of sp³-hybridized carbons (Fsp3) is 0.296. The third-order valence-electron chi connectivity index (χ3n) is 5.39. The zero-order valence-corrected chi connectivity index (χ0v) is 18.9. The normalized spacial score (nSPS) is 11.0. The zero-order chi connectivity index (χ0) is 23.3. The molecule has 0 amide bonds. The van der Waals surface area contributed by atoms with Gasteiger partial charge < -0.3 is 9.47 Å². The summed E-state index contributed by atoms with van der Waals surface area (Å²) < 4.78 is 39.6. The Morgan fingerprint density at radius 3 is 2.34 bits per heavy atom. The lowest BCUT2D eigenvalue weighted by Crippen LogP contribution is -2.19. The fourth-order valence-electron chi connectivity index (χ4n) is 3.60. The first-order valence-electron chi connectivity index (χ1n) is 10.7. The molecule has 3 rings (SSSR count). The number of halogens is 2. The summed E-state index contributed by atoms with van der Waals surface area (Å²) in [5, 5.41) is 0. The van der Waals surface area contributed by atoms with Crippen molar-refractivity contribution in [3.8, 4) is 16.9 Å². The van der Waals surface area contributed by atoms with E-state index in [0.29, 0.717) is 6.42 Å². The number of benzene rings is 3. The van der Waals surface area contributed by atoms with Crippen molar-refractivity contribution >= 4 is 5.97 Å². The highest BCUT2D eigenvalue weighted by Crippen LogP contribution is 2.28. The van der Waals surface area contributed by atoms with E-state index in [0.717, 1.165) is 27.8 Å². The summed E-state index contributed by atoms with van der Waals surface area (Å²) >= 11 is 0. The topological polar surface area (TPSA) is 35.5 Å². The molecule has 0 N–H and O–H groups in total. The fourth-order valence-corrected chi connectivity index (χ4v) is 3.60. The molecule has 5 heteroatoms. The molecule has 3 aromatic carbocycles. The summed E-state index contributed by atoms with van der Waals surface area (Å²) in [4.78, 5) is 11.7. The van der Waals surface area contributed by atoms with Gasteiger partial charge in [0.05, 0.1) is 6.10 Å². The molecule has 0 atom stereocenters. The van der Waals surface area contributed by atoms with E-state index in [1.54, 1.807) is 13.8 Å². The first-order chi connectivity index (χ1) is 15.3. The Hall–Kier alpha value is -3.21. The van der Waals surface area contributed by atoms with Gasteiger partial charge >= 0.3 is 5.97 Å². The second kappa shape index (κ2) is 10.4. The van der Waals surface area contributed by atoms with Crippen LogP contribution in [0.4, 0.5) is 8.78 Å². The van der Waals surface area contributed by atoms with Gasteiger partial charge in [-0.1, -0.05) is 42.5 Å². The van der Waals surface area contributed by atoms with E-state index in [-0.39, 0.29) is 23.8 Å². The lowest BCUT2D eigenvalue weighted by atomic mass is 9.92.